The second-order valence-electron chi connectivity index (χ2n) is 6.97. The van der Waals surface area contributed by atoms with Gasteiger partial charge in [-0.3, -0.25) is 9.59 Å². The van der Waals surface area contributed by atoms with Crippen molar-refractivity contribution in [2.24, 2.45) is 5.92 Å². The van der Waals surface area contributed by atoms with E-state index in [-0.39, 0.29) is 30.1 Å². The molecule has 2 aliphatic rings. The Labute approximate surface area is 157 Å². The number of amides is 1. The molecule has 27 heavy (non-hydrogen) atoms. The smallest absolute Gasteiger partial charge is 0.310 e. The average Bonchev–Trinajstić information content (AvgIpc) is 3.12. The number of carbonyl (C=O) groups excluding carboxylic acids is 2. The molecule has 0 saturated carbocycles. The highest BCUT2D eigenvalue weighted by Gasteiger charge is 2.34. The van der Waals surface area contributed by atoms with Gasteiger partial charge in [-0.2, -0.15) is 0 Å². The van der Waals surface area contributed by atoms with Crippen LogP contribution in [0.3, 0.4) is 0 Å². The molecule has 1 aromatic heterocycles. The van der Waals surface area contributed by atoms with Crippen LogP contribution < -0.4 is 4.74 Å². The summed E-state index contributed by atoms with van der Waals surface area (Å²) < 4.78 is 16.4. The molecule has 0 aliphatic carbocycles. The Morgan fingerprint density at radius 1 is 1.37 bits per heavy atom. The van der Waals surface area contributed by atoms with Gasteiger partial charge in [-0.25, -0.2) is 0 Å². The van der Waals surface area contributed by atoms with E-state index in [1.54, 1.807) is 11.8 Å². The second kappa shape index (κ2) is 7.06. The number of fused-ring (bicyclic) bond motifs is 3. The van der Waals surface area contributed by atoms with Crippen molar-refractivity contribution in [2.45, 2.75) is 33.3 Å². The fourth-order valence-corrected chi connectivity index (χ4v) is 3.68. The van der Waals surface area contributed by atoms with Crippen LogP contribution in [0.5, 0.6) is 5.75 Å². The van der Waals surface area contributed by atoms with E-state index in [1.165, 1.54) is 0 Å². The summed E-state index contributed by atoms with van der Waals surface area (Å²) in [6.07, 6.45) is 1.49. The van der Waals surface area contributed by atoms with Crippen molar-refractivity contribution in [3.63, 3.8) is 0 Å². The van der Waals surface area contributed by atoms with E-state index in [9.17, 15) is 9.59 Å². The van der Waals surface area contributed by atoms with Crippen LogP contribution in [0.1, 0.15) is 41.4 Å². The van der Waals surface area contributed by atoms with Crippen molar-refractivity contribution in [1.29, 1.82) is 0 Å². The summed E-state index contributed by atoms with van der Waals surface area (Å²) >= 11 is 0. The minimum atomic E-state index is -0.287. The molecule has 1 aromatic carbocycles. The number of esters is 1. The van der Waals surface area contributed by atoms with Crippen molar-refractivity contribution in [3.8, 4) is 17.1 Å². The van der Waals surface area contributed by atoms with Crippen molar-refractivity contribution >= 4 is 11.9 Å². The van der Waals surface area contributed by atoms with Gasteiger partial charge in [0.25, 0.3) is 5.91 Å². The van der Waals surface area contributed by atoms with E-state index in [2.05, 4.69) is 5.16 Å². The van der Waals surface area contributed by atoms with Gasteiger partial charge in [-0.15, -0.1) is 0 Å². The van der Waals surface area contributed by atoms with Gasteiger partial charge < -0.3 is 18.9 Å². The number of hydrogen-bond donors (Lipinski definition) is 0. The Hall–Kier alpha value is -2.83. The van der Waals surface area contributed by atoms with Gasteiger partial charge in [0.2, 0.25) is 0 Å². The van der Waals surface area contributed by atoms with Crippen LogP contribution in [0.2, 0.25) is 0 Å². The van der Waals surface area contributed by atoms with Gasteiger partial charge >= 0.3 is 5.97 Å². The van der Waals surface area contributed by atoms with Crippen LogP contribution in [0.4, 0.5) is 0 Å². The normalized spacial score (nSPS) is 18.3. The minimum Gasteiger partial charge on any atom is -0.488 e. The molecule has 4 rings (SSSR count). The average molecular weight is 370 g/mol. The number of carbonyl (C=O) groups is 2. The Kier molecular flexibility index (Phi) is 4.59. The molecule has 7 nitrogen and oxygen atoms in total. The molecule has 0 spiro atoms. The summed E-state index contributed by atoms with van der Waals surface area (Å²) in [5, 5.41) is 4.05. The highest BCUT2D eigenvalue weighted by atomic mass is 16.5. The number of rotatable bonds is 3. The second-order valence-corrected chi connectivity index (χ2v) is 6.97. The van der Waals surface area contributed by atoms with Gasteiger partial charge in [-0.1, -0.05) is 16.8 Å². The Bertz CT molecular complexity index is 888. The van der Waals surface area contributed by atoms with Crippen LogP contribution in [0.25, 0.3) is 11.3 Å². The van der Waals surface area contributed by atoms with E-state index in [4.69, 9.17) is 14.0 Å². The Balaban J connectivity index is 1.58. The molecule has 0 bridgehead atoms. The van der Waals surface area contributed by atoms with Gasteiger partial charge in [0, 0.05) is 13.1 Å². The predicted molar refractivity (Wildman–Crippen MR) is 96.3 cm³/mol. The summed E-state index contributed by atoms with van der Waals surface area (Å²) in [5.74, 6) is 0.550. The number of piperidine rings is 1. The minimum absolute atomic E-state index is 0.228. The van der Waals surface area contributed by atoms with Crippen LogP contribution in [-0.2, 0) is 16.1 Å². The lowest BCUT2D eigenvalue weighted by Gasteiger charge is -2.31. The molecule has 2 aromatic rings. The van der Waals surface area contributed by atoms with Crippen LogP contribution in [-0.4, -0.2) is 41.6 Å². The zero-order valence-corrected chi connectivity index (χ0v) is 15.5. The SMILES string of the molecule is CCOC(=O)[C@@H]1CCCN(C(=O)c2noc3c2COc2ccc(C)cc2-3)C1. The van der Waals surface area contributed by atoms with Gasteiger partial charge in [0.1, 0.15) is 12.4 Å². The molecule has 1 fully saturated rings. The standard InChI is InChI=1S/C20H22N2O5/c1-3-25-20(24)13-5-4-8-22(10-13)19(23)17-15-11-26-16-7-6-12(2)9-14(16)18(15)27-21-17/h6-7,9,13H,3-5,8,10-11H2,1-2H3/t13-/m1/s1. The van der Waals surface area contributed by atoms with Gasteiger partial charge in [-0.05, 0) is 38.8 Å². The van der Waals surface area contributed by atoms with Crippen LogP contribution >= 0.6 is 0 Å². The Morgan fingerprint density at radius 3 is 3.04 bits per heavy atom. The lowest BCUT2D eigenvalue weighted by molar-refractivity contribution is -0.149. The largest absolute Gasteiger partial charge is 0.488 e. The predicted octanol–water partition coefficient (Wildman–Crippen LogP) is 2.96. The molecule has 2 aliphatic heterocycles. The molecular formula is C20H22N2O5. The molecule has 1 amide bonds. The Morgan fingerprint density at radius 2 is 2.22 bits per heavy atom. The number of nitrogens with zero attached hydrogens (tertiary/aromatic N) is 2. The van der Waals surface area contributed by atoms with Crippen molar-refractivity contribution in [2.75, 3.05) is 19.7 Å². The van der Waals surface area contributed by atoms with Gasteiger partial charge in [0.15, 0.2) is 11.5 Å². The van der Waals surface area contributed by atoms with Crippen LogP contribution in [0, 0.1) is 12.8 Å². The van der Waals surface area contributed by atoms with E-state index in [1.807, 2.05) is 25.1 Å². The summed E-state index contributed by atoms with van der Waals surface area (Å²) in [4.78, 5) is 26.7. The van der Waals surface area contributed by atoms with E-state index in [0.717, 1.165) is 29.7 Å². The van der Waals surface area contributed by atoms with Crippen LogP contribution in [0.15, 0.2) is 22.7 Å². The number of aromatic nitrogens is 1. The first-order valence-electron chi connectivity index (χ1n) is 9.26. The molecule has 1 atom stereocenters. The van der Waals surface area contributed by atoms with Gasteiger partial charge in [0.05, 0.1) is 23.7 Å². The quantitative estimate of drug-likeness (QED) is 0.773. The molecule has 1 saturated heterocycles. The van der Waals surface area contributed by atoms with Crippen molar-refractivity contribution < 1.29 is 23.6 Å². The highest BCUT2D eigenvalue weighted by Crippen LogP contribution is 2.39. The zero-order valence-electron chi connectivity index (χ0n) is 15.5. The first-order chi connectivity index (χ1) is 13.1. The van der Waals surface area contributed by atoms with E-state index >= 15 is 0 Å². The number of benzene rings is 1. The maximum Gasteiger partial charge on any atom is 0.310 e. The number of likely N-dealkylation sites (tertiary alicyclic amines) is 1. The lowest BCUT2D eigenvalue weighted by atomic mass is 9.97. The van der Waals surface area contributed by atoms with Crippen molar-refractivity contribution in [3.05, 3.63) is 35.0 Å². The first-order valence-corrected chi connectivity index (χ1v) is 9.26. The maximum atomic E-state index is 13.0. The van der Waals surface area contributed by atoms with E-state index in [0.29, 0.717) is 31.0 Å². The molecule has 0 radical (unpaired) electrons. The highest BCUT2D eigenvalue weighted by molar-refractivity contribution is 5.96. The lowest BCUT2D eigenvalue weighted by Crippen LogP contribution is -2.43. The molecule has 142 valence electrons. The summed E-state index contributed by atoms with van der Waals surface area (Å²) in [5.41, 5.74) is 2.81. The fourth-order valence-electron chi connectivity index (χ4n) is 3.68. The molecule has 7 heteroatoms. The maximum absolute atomic E-state index is 13.0. The third kappa shape index (κ3) is 3.18. The summed E-state index contributed by atoms with van der Waals surface area (Å²) in [6, 6.07) is 5.83. The topological polar surface area (TPSA) is 81.9 Å². The molecule has 0 unspecified atom stereocenters. The zero-order chi connectivity index (χ0) is 19.0. The number of hydrogen-bond acceptors (Lipinski definition) is 6. The van der Waals surface area contributed by atoms with Crippen molar-refractivity contribution in [1.82, 2.24) is 10.1 Å². The monoisotopic (exact) mass is 370 g/mol. The third-order valence-corrected chi connectivity index (χ3v) is 5.07. The molecular weight excluding hydrogens is 348 g/mol. The third-order valence-electron chi connectivity index (χ3n) is 5.07. The number of aryl methyl sites for hydroxylation is 1. The van der Waals surface area contributed by atoms with E-state index < -0.39 is 0 Å². The number of ether oxygens (including phenoxy) is 2. The molecule has 3 heterocycles. The summed E-state index contributed by atoms with van der Waals surface area (Å²) in [7, 11) is 0. The molecule has 0 N–H and O–H groups in total. The summed E-state index contributed by atoms with van der Waals surface area (Å²) in [6.45, 7) is 5.29. The fraction of sp³-hybridized carbons (Fsp3) is 0.450. The first kappa shape index (κ1) is 17.6.